The van der Waals surface area contributed by atoms with Crippen molar-refractivity contribution in [2.75, 3.05) is 55.9 Å². The predicted octanol–water partition coefficient (Wildman–Crippen LogP) is 2.72. The number of hydrogen-bond acceptors (Lipinski definition) is 11. The molecule has 11 nitrogen and oxygen atoms in total. The molecule has 0 radical (unpaired) electrons. The number of ether oxygens (including phenoxy) is 2. The van der Waals surface area contributed by atoms with E-state index in [9.17, 15) is 9.90 Å². The van der Waals surface area contributed by atoms with Gasteiger partial charge in [0.15, 0.2) is 5.13 Å². The van der Waals surface area contributed by atoms with Crippen LogP contribution < -0.4 is 30.3 Å². The molecule has 2 aromatic heterocycles. The van der Waals surface area contributed by atoms with Gasteiger partial charge in [-0.2, -0.15) is 9.97 Å². The first kappa shape index (κ1) is 23.5. The lowest BCUT2D eigenvalue weighted by Crippen LogP contribution is -2.44. The van der Waals surface area contributed by atoms with Crippen molar-refractivity contribution in [2.45, 2.75) is 13.5 Å². The minimum Gasteiger partial charge on any atom is -0.497 e. The molecule has 0 saturated carbocycles. The summed E-state index contributed by atoms with van der Waals surface area (Å²) in [6.45, 7) is 5.54. The minimum absolute atomic E-state index is 0.186. The van der Waals surface area contributed by atoms with Gasteiger partial charge in [-0.1, -0.05) is 11.3 Å². The molecule has 12 heteroatoms. The molecule has 1 aliphatic rings. The summed E-state index contributed by atoms with van der Waals surface area (Å²) < 4.78 is 10.7. The molecule has 0 aliphatic carbocycles. The van der Waals surface area contributed by atoms with Crippen molar-refractivity contribution in [1.29, 1.82) is 0 Å². The Hall–Kier alpha value is -3.64. The van der Waals surface area contributed by atoms with E-state index < -0.39 is 5.97 Å². The molecule has 1 fully saturated rings. The molecule has 34 heavy (non-hydrogen) atoms. The number of anilines is 4. The first-order chi connectivity index (χ1) is 16.4. The number of aromatic carboxylic acids is 1. The molecule has 1 aromatic carbocycles. The van der Waals surface area contributed by atoms with Crippen LogP contribution in [0.5, 0.6) is 11.5 Å². The predicted molar refractivity (Wildman–Crippen MR) is 131 cm³/mol. The van der Waals surface area contributed by atoms with Gasteiger partial charge >= 0.3 is 5.97 Å². The Morgan fingerprint density at radius 1 is 1.12 bits per heavy atom. The maximum absolute atomic E-state index is 11.4. The highest BCUT2D eigenvalue weighted by molar-refractivity contribution is 7.17. The molecular formula is C22H27N7O4S. The first-order valence-corrected chi connectivity index (χ1v) is 11.5. The first-order valence-electron chi connectivity index (χ1n) is 10.7. The van der Waals surface area contributed by atoms with Crippen LogP contribution in [0.15, 0.2) is 24.3 Å². The Labute approximate surface area is 201 Å². The average Bonchev–Trinajstić information content (AvgIpc) is 3.23. The van der Waals surface area contributed by atoms with Gasteiger partial charge < -0.3 is 30.1 Å². The topological polar surface area (TPSA) is 134 Å². The molecule has 1 saturated heterocycles. The van der Waals surface area contributed by atoms with Gasteiger partial charge in [0.05, 0.1) is 19.9 Å². The normalized spacial score (nSPS) is 13.4. The van der Waals surface area contributed by atoms with Gasteiger partial charge in [0, 0.05) is 44.9 Å². The van der Waals surface area contributed by atoms with Crippen LogP contribution >= 0.6 is 11.3 Å². The van der Waals surface area contributed by atoms with Gasteiger partial charge in [0.2, 0.25) is 5.95 Å². The highest BCUT2D eigenvalue weighted by Crippen LogP contribution is 2.27. The molecule has 3 aromatic rings. The molecule has 0 atom stereocenters. The molecule has 1 aliphatic heterocycles. The zero-order valence-corrected chi connectivity index (χ0v) is 20.0. The van der Waals surface area contributed by atoms with Crippen LogP contribution in [0.3, 0.4) is 0 Å². The summed E-state index contributed by atoms with van der Waals surface area (Å²) in [5.41, 5.74) is 1.42. The van der Waals surface area contributed by atoms with Crippen LogP contribution in [-0.2, 0) is 6.54 Å². The van der Waals surface area contributed by atoms with Crippen molar-refractivity contribution >= 4 is 40.0 Å². The molecule has 4 N–H and O–H groups in total. The van der Waals surface area contributed by atoms with Crippen molar-refractivity contribution in [1.82, 2.24) is 20.3 Å². The van der Waals surface area contributed by atoms with Gasteiger partial charge in [-0.05, 0) is 24.6 Å². The fourth-order valence-corrected chi connectivity index (χ4v) is 4.34. The van der Waals surface area contributed by atoms with Crippen molar-refractivity contribution in [3.05, 3.63) is 40.4 Å². The van der Waals surface area contributed by atoms with Crippen LogP contribution in [0.25, 0.3) is 0 Å². The lowest BCUT2D eigenvalue weighted by atomic mass is 10.2. The SMILES string of the molecule is COc1cc(CNc2cc(N3CCNCC3)nc(Nc3nc(C)c(C(=O)O)s3)n2)cc(OC)c1. The van der Waals surface area contributed by atoms with Crippen molar-refractivity contribution in [3.63, 3.8) is 0 Å². The Kier molecular flexibility index (Phi) is 7.28. The van der Waals surface area contributed by atoms with Crippen LogP contribution in [-0.4, -0.2) is 66.4 Å². The highest BCUT2D eigenvalue weighted by atomic mass is 32.1. The van der Waals surface area contributed by atoms with Crippen LogP contribution in [0, 0.1) is 6.92 Å². The third-order valence-electron chi connectivity index (χ3n) is 5.25. The Bertz CT molecular complexity index is 1140. The maximum Gasteiger partial charge on any atom is 0.347 e. The fraction of sp³-hybridized carbons (Fsp3) is 0.364. The summed E-state index contributed by atoms with van der Waals surface area (Å²) >= 11 is 1.05. The van der Waals surface area contributed by atoms with Crippen molar-refractivity contribution in [2.24, 2.45) is 0 Å². The van der Waals surface area contributed by atoms with E-state index in [0.29, 0.717) is 40.6 Å². The van der Waals surface area contributed by atoms with Crippen molar-refractivity contribution in [3.8, 4) is 11.5 Å². The third-order valence-corrected chi connectivity index (χ3v) is 6.31. The lowest BCUT2D eigenvalue weighted by Gasteiger charge is -2.28. The number of carboxylic acids is 1. The summed E-state index contributed by atoms with van der Waals surface area (Å²) in [6, 6.07) is 7.58. The number of benzene rings is 1. The molecule has 0 amide bonds. The van der Waals surface area contributed by atoms with E-state index in [1.165, 1.54) is 0 Å². The fourth-order valence-electron chi connectivity index (χ4n) is 3.54. The van der Waals surface area contributed by atoms with Gasteiger partial charge in [0.25, 0.3) is 0 Å². The van der Waals surface area contributed by atoms with Crippen LogP contribution in [0.1, 0.15) is 20.9 Å². The highest BCUT2D eigenvalue weighted by Gasteiger charge is 2.18. The van der Waals surface area contributed by atoms with E-state index in [1.54, 1.807) is 21.1 Å². The van der Waals surface area contributed by atoms with E-state index in [2.05, 4.69) is 35.8 Å². The standard InChI is InChI=1S/C22H27N7O4S/c1-13-19(20(30)31)34-22(25-13)28-21-26-17(11-18(27-21)29-6-4-23-5-7-29)24-12-14-8-15(32-2)10-16(9-14)33-3/h8-11,23H,4-7,12H2,1-3H3,(H,30,31)(H2,24,25,26,27,28). The number of nitrogens with zero attached hydrogens (tertiary/aromatic N) is 4. The number of aryl methyl sites for hydroxylation is 1. The minimum atomic E-state index is -1.00. The van der Waals surface area contributed by atoms with Crippen molar-refractivity contribution < 1.29 is 19.4 Å². The molecular weight excluding hydrogens is 458 g/mol. The number of nitrogens with one attached hydrogen (secondary N) is 3. The summed E-state index contributed by atoms with van der Waals surface area (Å²) in [4.78, 5) is 27.3. The van der Waals surface area contributed by atoms with Crippen LogP contribution in [0.2, 0.25) is 0 Å². The number of carbonyl (C=O) groups is 1. The Morgan fingerprint density at radius 3 is 2.44 bits per heavy atom. The molecule has 4 rings (SSSR count). The summed E-state index contributed by atoms with van der Waals surface area (Å²) in [7, 11) is 3.23. The van der Waals surface area contributed by atoms with E-state index in [1.807, 2.05) is 24.3 Å². The number of hydrogen-bond donors (Lipinski definition) is 4. The maximum atomic E-state index is 11.4. The Morgan fingerprint density at radius 2 is 1.82 bits per heavy atom. The molecule has 3 heterocycles. The van der Waals surface area contributed by atoms with E-state index in [0.717, 1.165) is 48.9 Å². The summed E-state index contributed by atoms with van der Waals surface area (Å²) in [6.07, 6.45) is 0. The van der Waals surface area contributed by atoms with Gasteiger partial charge in [-0.15, -0.1) is 0 Å². The van der Waals surface area contributed by atoms with Crippen LogP contribution in [0.4, 0.5) is 22.7 Å². The number of rotatable bonds is 9. The third kappa shape index (κ3) is 5.64. The van der Waals surface area contributed by atoms with E-state index in [-0.39, 0.29) is 4.88 Å². The molecule has 180 valence electrons. The van der Waals surface area contributed by atoms with E-state index >= 15 is 0 Å². The molecule has 0 spiro atoms. The van der Waals surface area contributed by atoms with E-state index in [4.69, 9.17) is 9.47 Å². The second-order valence-corrected chi connectivity index (χ2v) is 8.61. The van der Waals surface area contributed by atoms with Gasteiger partial charge in [0.1, 0.15) is 28.0 Å². The smallest absolute Gasteiger partial charge is 0.347 e. The number of aromatic nitrogens is 3. The second-order valence-electron chi connectivity index (χ2n) is 7.61. The summed E-state index contributed by atoms with van der Waals surface area (Å²) in [5, 5.41) is 19.5. The monoisotopic (exact) mass is 485 g/mol. The quantitative estimate of drug-likeness (QED) is 0.356. The zero-order chi connectivity index (χ0) is 24.1. The Balaban J connectivity index is 1.59. The molecule has 0 bridgehead atoms. The number of carboxylic acid groups (broad SMARTS) is 1. The second kappa shape index (κ2) is 10.5. The zero-order valence-electron chi connectivity index (χ0n) is 19.2. The van der Waals surface area contributed by atoms with Gasteiger partial charge in [-0.3, -0.25) is 5.32 Å². The largest absolute Gasteiger partial charge is 0.497 e. The number of methoxy groups -OCH3 is 2. The average molecular weight is 486 g/mol. The lowest BCUT2D eigenvalue weighted by molar-refractivity contribution is 0.0701. The van der Waals surface area contributed by atoms with Gasteiger partial charge in [-0.25, -0.2) is 9.78 Å². The number of piperazine rings is 1. The summed E-state index contributed by atoms with van der Waals surface area (Å²) in [5.74, 6) is 2.14. The molecule has 0 unspecified atom stereocenters. The number of thiazole rings is 1.